The van der Waals surface area contributed by atoms with Crippen molar-refractivity contribution in [3.63, 3.8) is 0 Å². The monoisotopic (exact) mass is 300 g/mol. The van der Waals surface area contributed by atoms with Crippen molar-refractivity contribution in [1.29, 1.82) is 0 Å². The van der Waals surface area contributed by atoms with E-state index in [4.69, 9.17) is 0 Å². The number of aromatic nitrogens is 2. The zero-order valence-corrected chi connectivity index (χ0v) is 13.6. The highest BCUT2D eigenvalue weighted by Crippen LogP contribution is 2.20. The first-order chi connectivity index (χ1) is 10.5. The Morgan fingerprint density at radius 2 is 2.23 bits per heavy atom. The number of nitrogens with zero attached hydrogens (tertiary/aromatic N) is 4. The fourth-order valence-corrected chi connectivity index (χ4v) is 3.21. The average molecular weight is 300 g/mol. The fraction of sp³-hybridized carbons (Fsp3) is 0.529. The largest absolute Gasteiger partial charge is 0.333 e. The molecule has 0 spiro atoms. The molecule has 1 atom stereocenters. The summed E-state index contributed by atoms with van der Waals surface area (Å²) in [7, 11) is 4.12. The zero-order chi connectivity index (χ0) is 15.7. The number of pyridine rings is 1. The van der Waals surface area contributed by atoms with Gasteiger partial charge in [0.05, 0.1) is 0 Å². The molecule has 5 nitrogen and oxygen atoms in total. The lowest BCUT2D eigenvalue weighted by molar-refractivity contribution is 0.0569. The van der Waals surface area contributed by atoms with Crippen molar-refractivity contribution in [2.45, 2.75) is 32.2 Å². The molecule has 118 valence electrons. The Labute approximate surface area is 131 Å². The van der Waals surface area contributed by atoms with Crippen molar-refractivity contribution < 1.29 is 4.79 Å². The van der Waals surface area contributed by atoms with E-state index in [-0.39, 0.29) is 5.91 Å². The first-order valence-electron chi connectivity index (χ1n) is 7.95. The lowest BCUT2D eigenvalue weighted by atomic mass is 10.0. The first-order valence-corrected chi connectivity index (χ1v) is 7.95. The van der Waals surface area contributed by atoms with Crippen LogP contribution in [0.1, 0.15) is 35.3 Å². The van der Waals surface area contributed by atoms with Crippen LogP contribution < -0.4 is 0 Å². The molecule has 1 fully saturated rings. The third-order valence-corrected chi connectivity index (χ3v) is 4.30. The molecular weight excluding hydrogens is 276 g/mol. The normalized spacial score (nSPS) is 19.1. The average Bonchev–Trinajstić information content (AvgIpc) is 2.89. The molecule has 0 N–H and O–H groups in total. The van der Waals surface area contributed by atoms with Crippen molar-refractivity contribution in [3.8, 4) is 0 Å². The molecule has 1 aliphatic heterocycles. The van der Waals surface area contributed by atoms with E-state index in [2.05, 4.69) is 24.0 Å². The molecule has 2 aromatic heterocycles. The van der Waals surface area contributed by atoms with Gasteiger partial charge in [0.1, 0.15) is 11.3 Å². The number of likely N-dealkylation sites (tertiary alicyclic amines) is 1. The summed E-state index contributed by atoms with van der Waals surface area (Å²) in [4.78, 5) is 21.6. The van der Waals surface area contributed by atoms with Crippen LogP contribution in [0.25, 0.3) is 5.65 Å². The standard InChI is InChI=1S/C17H24N4O/c1-13-7-9-20-12-15(18-16(20)10-13)17(22)21-8-5-4-6-14(21)11-19(2)3/h7,9-10,12,14H,4-6,8,11H2,1-3H3/t14-/m1/s1. The number of fused-ring (bicyclic) bond motifs is 1. The molecular formula is C17H24N4O. The van der Waals surface area contributed by atoms with Crippen LogP contribution in [0.4, 0.5) is 0 Å². The number of piperidine rings is 1. The molecule has 3 rings (SSSR count). The summed E-state index contributed by atoms with van der Waals surface area (Å²) in [6.45, 7) is 3.79. The molecule has 3 heterocycles. The van der Waals surface area contributed by atoms with Gasteiger partial charge in [-0.3, -0.25) is 4.79 Å². The summed E-state index contributed by atoms with van der Waals surface area (Å²) < 4.78 is 1.92. The van der Waals surface area contributed by atoms with Gasteiger partial charge in [0.2, 0.25) is 0 Å². The number of carbonyl (C=O) groups excluding carboxylic acids is 1. The Morgan fingerprint density at radius 3 is 3.00 bits per heavy atom. The molecule has 0 unspecified atom stereocenters. The van der Waals surface area contributed by atoms with Gasteiger partial charge in [0.25, 0.3) is 5.91 Å². The SMILES string of the molecule is Cc1ccn2cc(C(=O)N3CCCC[C@@H]3CN(C)C)nc2c1. The predicted octanol–water partition coefficient (Wildman–Crippen LogP) is 2.20. The fourth-order valence-electron chi connectivity index (χ4n) is 3.21. The van der Waals surface area contributed by atoms with E-state index >= 15 is 0 Å². The van der Waals surface area contributed by atoms with Crippen LogP contribution in [0, 0.1) is 6.92 Å². The topological polar surface area (TPSA) is 40.9 Å². The minimum absolute atomic E-state index is 0.0629. The van der Waals surface area contributed by atoms with Crippen LogP contribution in [-0.4, -0.2) is 58.3 Å². The first kappa shape index (κ1) is 15.0. The van der Waals surface area contributed by atoms with E-state index in [0.717, 1.165) is 37.1 Å². The molecule has 2 aromatic rings. The second kappa shape index (κ2) is 6.08. The van der Waals surface area contributed by atoms with E-state index in [1.807, 2.05) is 40.8 Å². The number of likely N-dealkylation sites (N-methyl/N-ethyl adjacent to an activating group) is 1. The van der Waals surface area contributed by atoms with Gasteiger partial charge in [-0.05, 0) is 58.0 Å². The summed E-state index contributed by atoms with van der Waals surface area (Å²) >= 11 is 0. The lowest BCUT2D eigenvalue weighted by Gasteiger charge is -2.36. The van der Waals surface area contributed by atoms with Crippen molar-refractivity contribution in [2.24, 2.45) is 0 Å². The summed E-state index contributed by atoms with van der Waals surface area (Å²) in [6, 6.07) is 4.32. The Kier molecular flexibility index (Phi) is 4.16. The van der Waals surface area contributed by atoms with Crippen molar-refractivity contribution in [2.75, 3.05) is 27.2 Å². The van der Waals surface area contributed by atoms with Crippen LogP contribution in [0.2, 0.25) is 0 Å². The number of amides is 1. The van der Waals surface area contributed by atoms with Crippen molar-refractivity contribution in [3.05, 3.63) is 35.8 Å². The van der Waals surface area contributed by atoms with Gasteiger partial charge in [-0.25, -0.2) is 4.98 Å². The minimum Gasteiger partial charge on any atom is -0.333 e. The molecule has 1 amide bonds. The molecule has 22 heavy (non-hydrogen) atoms. The lowest BCUT2D eigenvalue weighted by Crippen LogP contribution is -2.48. The van der Waals surface area contributed by atoms with Crippen molar-refractivity contribution in [1.82, 2.24) is 19.2 Å². The molecule has 0 saturated carbocycles. The number of hydrogen-bond acceptors (Lipinski definition) is 3. The van der Waals surface area contributed by atoms with Gasteiger partial charge < -0.3 is 14.2 Å². The summed E-state index contributed by atoms with van der Waals surface area (Å²) in [5, 5.41) is 0. The highest BCUT2D eigenvalue weighted by Gasteiger charge is 2.29. The number of hydrogen-bond donors (Lipinski definition) is 0. The van der Waals surface area contributed by atoms with Gasteiger partial charge in [0, 0.05) is 31.5 Å². The van der Waals surface area contributed by atoms with Gasteiger partial charge in [-0.2, -0.15) is 0 Å². The Morgan fingerprint density at radius 1 is 1.41 bits per heavy atom. The summed E-state index contributed by atoms with van der Waals surface area (Å²) in [6.07, 6.45) is 7.17. The summed E-state index contributed by atoms with van der Waals surface area (Å²) in [5.41, 5.74) is 2.54. The molecule has 1 aliphatic rings. The van der Waals surface area contributed by atoms with Crippen LogP contribution in [-0.2, 0) is 0 Å². The Balaban J connectivity index is 1.86. The van der Waals surface area contributed by atoms with Crippen LogP contribution in [0.15, 0.2) is 24.5 Å². The number of rotatable bonds is 3. The number of imidazole rings is 1. The second-order valence-corrected chi connectivity index (χ2v) is 6.51. The smallest absolute Gasteiger partial charge is 0.274 e. The molecule has 0 aliphatic carbocycles. The van der Waals surface area contributed by atoms with E-state index in [1.165, 1.54) is 6.42 Å². The van der Waals surface area contributed by atoms with E-state index in [1.54, 1.807) is 0 Å². The maximum absolute atomic E-state index is 12.9. The van der Waals surface area contributed by atoms with Gasteiger partial charge in [0.15, 0.2) is 0 Å². The highest BCUT2D eigenvalue weighted by atomic mass is 16.2. The highest BCUT2D eigenvalue weighted by molar-refractivity contribution is 5.93. The zero-order valence-electron chi connectivity index (χ0n) is 13.6. The number of aryl methyl sites for hydroxylation is 1. The molecule has 0 aromatic carbocycles. The van der Waals surface area contributed by atoms with Crippen LogP contribution in [0.5, 0.6) is 0 Å². The number of carbonyl (C=O) groups is 1. The molecule has 5 heteroatoms. The van der Waals surface area contributed by atoms with Gasteiger partial charge >= 0.3 is 0 Å². The third kappa shape index (κ3) is 2.99. The second-order valence-electron chi connectivity index (χ2n) is 6.51. The molecule has 0 bridgehead atoms. The predicted molar refractivity (Wildman–Crippen MR) is 87.2 cm³/mol. The van der Waals surface area contributed by atoms with Gasteiger partial charge in [-0.15, -0.1) is 0 Å². The third-order valence-electron chi connectivity index (χ3n) is 4.30. The Hall–Kier alpha value is -1.88. The maximum Gasteiger partial charge on any atom is 0.274 e. The summed E-state index contributed by atoms with van der Waals surface area (Å²) in [5.74, 6) is 0.0629. The molecule has 1 saturated heterocycles. The van der Waals surface area contributed by atoms with E-state index < -0.39 is 0 Å². The minimum atomic E-state index is 0.0629. The quantitative estimate of drug-likeness (QED) is 0.872. The van der Waals surface area contributed by atoms with Crippen molar-refractivity contribution >= 4 is 11.6 Å². The molecule has 0 radical (unpaired) electrons. The van der Waals surface area contributed by atoms with E-state index in [9.17, 15) is 4.79 Å². The Bertz CT molecular complexity index is 676. The maximum atomic E-state index is 12.9. The van der Waals surface area contributed by atoms with Crippen LogP contribution >= 0.6 is 0 Å². The van der Waals surface area contributed by atoms with Gasteiger partial charge in [-0.1, -0.05) is 0 Å². The van der Waals surface area contributed by atoms with Crippen LogP contribution in [0.3, 0.4) is 0 Å². The van der Waals surface area contributed by atoms with E-state index in [0.29, 0.717) is 11.7 Å².